The monoisotopic (exact) mass is 964 g/mol. The molecule has 7 aromatic heterocycles. The first-order valence-corrected chi connectivity index (χ1v) is 25.1. The minimum atomic E-state index is 0.109. The molecule has 7 aromatic rings. The second-order valence-corrected chi connectivity index (χ2v) is 25.4. The zero-order valence-electron chi connectivity index (χ0n) is 47.7. The van der Waals surface area contributed by atoms with E-state index in [-0.39, 0.29) is 38.2 Å². The molecule has 0 aromatic carbocycles. The van der Waals surface area contributed by atoms with Gasteiger partial charge in [-0.15, -0.1) is 11.3 Å². The molecule has 382 valence electrons. The summed E-state index contributed by atoms with van der Waals surface area (Å²) in [5.74, 6) is 3.09. The molecule has 7 heterocycles. The molecule has 0 aliphatic heterocycles. The zero-order chi connectivity index (χ0) is 53.2. The molecule has 0 saturated carbocycles. The molecule has 0 radical (unpaired) electrons. The van der Waals surface area contributed by atoms with Crippen LogP contribution in [-0.4, -0.2) is 34.5 Å². The van der Waals surface area contributed by atoms with Crippen molar-refractivity contribution in [1.82, 2.24) is 34.5 Å². The van der Waals surface area contributed by atoms with Gasteiger partial charge in [-0.2, -0.15) is 10.2 Å². The van der Waals surface area contributed by atoms with Crippen LogP contribution in [0.3, 0.4) is 0 Å². The summed E-state index contributed by atoms with van der Waals surface area (Å²) in [7, 11) is 0. The lowest BCUT2D eigenvalue weighted by atomic mass is 9.89. The van der Waals surface area contributed by atoms with Crippen molar-refractivity contribution in [3.63, 3.8) is 0 Å². The van der Waals surface area contributed by atoms with E-state index < -0.39 is 0 Å². The first-order valence-electron chi connectivity index (χ1n) is 24.2. The number of pyridine rings is 2. The molecule has 0 saturated heterocycles. The fourth-order valence-corrected chi connectivity index (χ4v) is 6.91. The van der Waals surface area contributed by atoms with Crippen LogP contribution < -0.4 is 0 Å². The van der Waals surface area contributed by atoms with Gasteiger partial charge in [0.2, 0.25) is 0 Å². The molecule has 0 atom stereocenters. The highest BCUT2D eigenvalue weighted by Crippen LogP contribution is 2.26. The van der Waals surface area contributed by atoms with Crippen LogP contribution in [0.15, 0.2) is 118 Å². The molecule has 0 bridgehead atoms. The van der Waals surface area contributed by atoms with Crippen LogP contribution in [0.1, 0.15) is 196 Å². The molecule has 0 fully saturated rings. The largest absolute Gasteiger partial charge is 0.469 e. The summed E-state index contributed by atoms with van der Waals surface area (Å²) in [6.45, 7) is 53.4. The molecule has 0 aliphatic carbocycles. The molecule has 10 heteroatoms. The molecule has 69 heavy (non-hydrogen) atoms. The van der Waals surface area contributed by atoms with Crippen molar-refractivity contribution in [1.29, 1.82) is 0 Å². The van der Waals surface area contributed by atoms with Crippen molar-refractivity contribution >= 4 is 11.3 Å². The summed E-state index contributed by atoms with van der Waals surface area (Å²) in [5, 5.41) is 11.7. The summed E-state index contributed by atoms with van der Waals surface area (Å²) >= 11 is 1.72. The topological polar surface area (TPSA) is 101 Å². The Bertz CT molecular complexity index is 2290. The normalized spacial score (nSPS) is 11.8. The molecular formula is C59H93N7O2S. The number of rotatable bonds is 0. The zero-order valence-corrected chi connectivity index (χ0v) is 48.6. The number of furan rings is 2. The highest BCUT2D eigenvalue weighted by atomic mass is 32.1. The van der Waals surface area contributed by atoms with E-state index >= 15 is 0 Å². The van der Waals surface area contributed by atoms with Crippen LogP contribution in [0.2, 0.25) is 0 Å². The van der Waals surface area contributed by atoms with Gasteiger partial charge < -0.3 is 8.83 Å². The number of thiazole rings is 1. The summed E-state index contributed by atoms with van der Waals surface area (Å²) in [4.78, 5) is 12.8. The Morgan fingerprint density at radius 2 is 1.12 bits per heavy atom. The van der Waals surface area contributed by atoms with Crippen LogP contribution in [0.5, 0.6) is 0 Å². The van der Waals surface area contributed by atoms with E-state index in [1.54, 1.807) is 23.8 Å². The lowest BCUT2D eigenvalue weighted by molar-refractivity contribution is 0.346. The Labute approximate surface area is 424 Å². The Balaban J connectivity index is 0.000000403. The molecule has 0 amide bonds. The highest BCUT2D eigenvalue weighted by molar-refractivity contribution is 7.09. The second-order valence-electron chi connectivity index (χ2n) is 24.5. The van der Waals surface area contributed by atoms with Crippen LogP contribution in [0, 0.1) is 27.7 Å². The maximum Gasteiger partial charge on any atom is 0.109 e. The summed E-state index contributed by atoms with van der Waals surface area (Å²) in [6, 6.07) is 22.1. The van der Waals surface area contributed by atoms with Crippen molar-refractivity contribution < 1.29 is 8.83 Å². The SMILES string of the molecule is CC(C)(C)c1ccccn1.CC(C)(C)c1ccco1.CC(C)(C)c1nccs1.CC(C)(C)n1cccn1.Cc1cc(C)n(C(C)(C)C)n1.Cc1ccc(C(C)(C)C)o1.Cc1cccnc1C(C)(C)C. The van der Waals surface area contributed by atoms with Gasteiger partial charge >= 0.3 is 0 Å². The fourth-order valence-electron chi connectivity index (χ4n) is 6.19. The van der Waals surface area contributed by atoms with Gasteiger partial charge in [0, 0.05) is 80.5 Å². The van der Waals surface area contributed by atoms with E-state index in [2.05, 4.69) is 207 Å². The minimum Gasteiger partial charge on any atom is -0.469 e. The van der Waals surface area contributed by atoms with Crippen molar-refractivity contribution in [2.75, 3.05) is 0 Å². The molecule has 0 N–H and O–H groups in total. The van der Waals surface area contributed by atoms with Gasteiger partial charge in [0.15, 0.2) is 0 Å². The lowest BCUT2D eigenvalue weighted by Gasteiger charge is -2.21. The van der Waals surface area contributed by atoms with Crippen molar-refractivity contribution in [3.8, 4) is 0 Å². The predicted molar refractivity (Wildman–Crippen MR) is 295 cm³/mol. The minimum absolute atomic E-state index is 0.109. The quantitative estimate of drug-likeness (QED) is 0.149. The molecule has 0 spiro atoms. The van der Waals surface area contributed by atoms with Crippen LogP contribution >= 0.6 is 11.3 Å². The van der Waals surface area contributed by atoms with Crippen molar-refractivity contribution in [2.24, 2.45) is 0 Å². The molecule has 9 nitrogen and oxygen atoms in total. The summed E-state index contributed by atoms with van der Waals surface area (Å²) in [5.41, 5.74) is 7.07. The number of hydrogen-bond acceptors (Lipinski definition) is 8. The predicted octanol–water partition coefficient (Wildman–Crippen LogP) is 16.9. The second kappa shape index (κ2) is 26.2. The molecule has 7 rings (SSSR count). The van der Waals surface area contributed by atoms with Gasteiger partial charge in [0.05, 0.1) is 28.0 Å². The third-order valence-corrected chi connectivity index (χ3v) is 11.0. The number of hydrogen-bond donors (Lipinski definition) is 0. The van der Waals surface area contributed by atoms with E-state index in [0.29, 0.717) is 0 Å². The first kappa shape index (κ1) is 61.9. The standard InChI is InChI=1S/C10H15N.C9H16N2.C9H13N.C9H14O.C8H12O.C7H12N2.C7H11NS/c1-8-6-5-7-11-9(8)10(2,3)4;1-7-6-8(2)11(10-7)9(3,4)5;1-9(2,3)8-6-4-5-7-10-8;1-7-5-6-8(10-7)9(2,3)4;1-8(2,3)7-5-4-6-9-7;1-7(2,3)9-6-4-5-8-9;1-7(2,3)6-8-4-5-9-6/h5-7H,1-4H3;6H,1-5H3;4-7H,1-3H3;5-6H,1-4H3;2*4-6H,1-3H3;4-5H,1-3H3. The fraction of sp³-hybridized carbons (Fsp3) is 0.542. The number of aryl methyl sites for hydroxylation is 4. The molecule has 0 unspecified atom stereocenters. The van der Waals surface area contributed by atoms with Crippen molar-refractivity contribution in [2.45, 2.75) is 211 Å². The molecular weight excluding hydrogens is 871 g/mol. The van der Waals surface area contributed by atoms with Crippen LogP contribution in [-0.2, 0) is 38.2 Å². The maximum absolute atomic E-state index is 5.45. The number of nitrogens with zero attached hydrogens (tertiary/aromatic N) is 7. The van der Waals surface area contributed by atoms with E-state index in [1.165, 1.54) is 22.0 Å². The van der Waals surface area contributed by atoms with Gasteiger partial charge in [0.1, 0.15) is 17.3 Å². The summed E-state index contributed by atoms with van der Waals surface area (Å²) < 4.78 is 14.6. The number of aromatic nitrogens is 7. The average Bonchev–Trinajstić information content (AvgIpc) is 4.05. The van der Waals surface area contributed by atoms with E-state index in [0.717, 1.165) is 28.7 Å². The van der Waals surface area contributed by atoms with E-state index in [9.17, 15) is 0 Å². The Hall–Kier alpha value is -5.09. The first-order chi connectivity index (χ1) is 31.3. The van der Waals surface area contributed by atoms with Gasteiger partial charge in [-0.25, -0.2) is 4.98 Å². The summed E-state index contributed by atoms with van der Waals surface area (Å²) in [6.07, 6.45) is 11.0. The van der Waals surface area contributed by atoms with Crippen molar-refractivity contribution in [3.05, 3.63) is 160 Å². The third-order valence-electron chi connectivity index (χ3n) is 9.80. The van der Waals surface area contributed by atoms with Crippen LogP contribution in [0.25, 0.3) is 0 Å². The molecule has 0 aliphatic rings. The smallest absolute Gasteiger partial charge is 0.109 e. The van der Waals surface area contributed by atoms with E-state index in [4.69, 9.17) is 8.83 Å². The van der Waals surface area contributed by atoms with Crippen LogP contribution in [0.4, 0.5) is 0 Å². The van der Waals surface area contributed by atoms with E-state index in [1.807, 2.05) is 97.2 Å². The van der Waals surface area contributed by atoms with Gasteiger partial charge in [-0.05, 0) is 129 Å². The Morgan fingerprint density at radius 3 is 1.36 bits per heavy atom. The van der Waals surface area contributed by atoms with Gasteiger partial charge in [0.25, 0.3) is 0 Å². The Morgan fingerprint density at radius 1 is 0.507 bits per heavy atom. The van der Waals surface area contributed by atoms with Gasteiger partial charge in [-0.1, -0.05) is 116 Å². The maximum atomic E-state index is 5.45. The highest BCUT2D eigenvalue weighted by Gasteiger charge is 2.19. The lowest BCUT2D eigenvalue weighted by Crippen LogP contribution is -2.24. The Kier molecular flexibility index (Phi) is 23.5. The van der Waals surface area contributed by atoms with Gasteiger partial charge in [-0.3, -0.25) is 19.3 Å². The third kappa shape index (κ3) is 24.3. The average molecular weight is 965 g/mol.